The van der Waals surface area contributed by atoms with Gasteiger partial charge in [0.05, 0.1) is 0 Å². The van der Waals surface area contributed by atoms with E-state index in [4.69, 9.17) is 14.2 Å². The van der Waals surface area contributed by atoms with E-state index in [0.29, 0.717) is 19.3 Å². The van der Waals surface area contributed by atoms with Crippen molar-refractivity contribution in [3.63, 3.8) is 0 Å². The van der Waals surface area contributed by atoms with E-state index in [1.54, 1.807) is 0 Å². The number of rotatable bonds is 60. The van der Waals surface area contributed by atoms with Gasteiger partial charge in [0.15, 0.2) is 6.10 Å². The third-order valence-electron chi connectivity index (χ3n) is 14.2. The maximum Gasteiger partial charge on any atom is 0.306 e. The second kappa shape index (κ2) is 66.6. The lowest BCUT2D eigenvalue weighted by Gasteiger charge is -2.18. The van der Waals surface area contributed by atoms with Crippen molar-refractivity contribution < 1.29 is 28.6 Å². The van der Waals surface area contributed by atoms with Crippen molar-refractivity contribution in [1.82, 2.24) is 0 Å². The van der Waals surface area contributed by atoms with Crippen LogP contribution < -0.4 is 0 Å². The van der Waals surface area contributed by atoms with Crippen LogP contribution in [0.15, 0.2) is 109 Å². The molecular formula is C73H124O6. The van der Waals surface area contributed by atoms with E-state index < -0.39 is 6.10 Å². The van der Waals surface area contributed by atoms with Crippen LogP contribution in [-0.4, -0.2) is 37.2 Å². The van der Waals surface area contributed by atoms with Gasteiger partial charge in [-0.05, 0) is 122 Å². The van der Waals surface area contributed by atoms with Crippen LogP contribution in [0.5, 0.6) is 0 Å². The Labute approximate surface area is 489 Å². The average molecular weight is 1100 g/mol. The van der Waals surface area contributed by atoms with Gasteiger partial charge >= 0.3 is 17.9 Å². The smallest absolute Gasteiger partial charge is 0.306 e. The van der Waals surface area contributed by atoms with Gasteiger partial charge in [-0.15, -0.1) is 0 Å². The quantitative estimate of drug-likeness (QED) is 0.0261. The van der Waals surface area contributed by atoms with Crippen molar-refractivity contribution in [3.8, 4) is 0 Å². The van der Waals surface area contributed by atoms with Gasteiger partial charge in [0.1, 0.15) is 13.2 Å². The van der Waals surface area contributed by atoms with Crippen LogP contribution in [0.25, 0.3) is 0 Å². The lowest BCUT2D eigenvalue weighted by molar-refractivity contribution is -0.167. The molecule has 0 saturated heterocycles. The molecule has 452 valence electrons. The van der Waals surface area contributed by atoms with Gasteiger partial charge in [-0.1, -0.05) is 284 Å². The number of carbonyl (C=O) groups excluding carboxylic acids is 3. The van der Waals surface area contributed by atoms with Crippen LogP contribution >= 0.6 is 0 Å². The standard InChI is InChI=1S/C73H124O6/c1-4-7-10-13-16-19-22-24-26-28-30-31-32-33-34-35-36-37-38-39-40-41-43-44-46-48-51-54-57-60-63-66-72(75)78-69-70(68-77-71(74)65-62-59-56-53-50-21-18-15-12-9-6-3)79-73(76)67-64-61-58-55-52-49-47-45-42-29-27-25-23-20-17-14-11-8-5-2/h7,10,15-16,18-19,24-27,30-31,33-34,36-37,39-40,70H,4-6,8-9,11-14,17,20-23,28-29,32,35,38,41-69H2,1-3H3/b10-7-,18-15-,19-16-,26-24-,27-25-,31-30-,34-33-,37-36-,40-39-. The van der Waals surface area contributed by atoms with Gasteiger partial charge in [0.25, 0.3) is 0 Å². The molecule has 0 fully saturated rings. The molecule has 1 unspecified atom stereocenters. The molecule has 0 heterocycles. The molecule has 0 aromatic heterocycles. The summed E-state index contributed by atoms with van der Waals surface area (Å²) < 4.78 is 16.9. The third kappa shape index (κ3) is 64.8. The van der Waals surface area contributed by atoms with Gasteiger partial charge in [0, 0.05) is 19.3 Å². The van der Waals surface area contributed by atoms with E-state index in [-0.39, 0.29) is 31.1 Å². The van der Waals surface area contributed by atoms with E-state index in [9.17, 15) is 14.4 Å². The zero-order chi connectivity index (χ0) is 57.1. The molecule has 0 aromatic rings. The fourth-order valence-electron chi connectivity index (χ4n) is 9.22. The fourth-order valence-corrected chi connectivity index (χ4v) is 9.22. The van der Waals surface area contributed by atoms with Gasteiger partial charge < -0.3 is 14.2 Å². The molecule has 79 heavy (non-hydrogen) atoms. The topological polar surface area (TPSA) is 78.9 Å². The fraction of sp³-hybridized carbons (Fsp3) is 0.712. The normalized spacial score (nSPS) is 12.8. The highest BCUT2D eigenvalue weighted by molar-refractivity contribution is 5.71. The molecule has 1 atom stereocenters. The van der Waals surface area contributed by atoms with Crippen molar-refractivity contribution in [2.45, 2.75) is 322 Å². The summed E-state index contributed by atoms with van der Waals surface area (Å²) in [5.74, 6) is -0.892. The van der Waals surface area contributed by atoms with E-state index >= 15 is 0 Å². The van der Waals surface area contributed by atoms with Gasteiger partial charge in [-0.2, -0.15) is 0 Å². The van der Waals surface area contributed by atoms with Crippen LogP contribution in [0.4, 0.5) is 0 Å². The van der Waals surface area contributed by atoms with Gasteiger partial charge in [-0.25, -0.2) is 0 Å². The zero-order valence-corrected chi connectivity index (χ0v) is 51.9. The summed E-state index contributed by atoms with van der Waals surface area (Å²) in [5.41, 5.74) is 0. The number of allylic oxidation sites excluding steroid dienone is 18. The number of hydrogen-bond acceptors (Lipinski definition) is 6. The molecule has 6 heteroatoms. The molecule has 0 amide bonds. The molecule has 0 N–H and O–H groups in total. The molecule has 0 saturated carbocycles. The maximum absolute atomic E-state index is 12.9. The second-order valence-corrected chi connectivity index (χ2v) is 22.0. The lowest BCUT2D eigenvalue weighted by Crippen LogP contribution is -2.30. The van der Waals surface area contributed by atoms with Crippen molar-refractivity contribution in [2.24, 2.45) is 0 Å². The monoisotopic (exact) mass is 1100 g/mol. The minimum absolute atomic E-state index is 0.0838. The van der Waals surface area contributed by atoms with Crippen LogP contribution in [0, 0.1) is 0 Å². The molecule has 0 bridgehead atoms. The minimum Gasteiger partial charge on any atom is -0.462 e. The summed E-state index contributed by atoms with van der Waals surface area (Å²) in [7, 11) is 0. The van der Waals surface area contributed by atoms with E-state index in [1.807, 2.05) is 0 Å². The summed E-state index contributed by atoms with van der Waals surface area (Å²) in [6.07, 6.45) is 91.0. The van der Waals surface area contributed by atoms with Crippen LogP contribution in [0.3, 0.4) is 0 Å². The van der Waals surface area contributed by atoms with E-state index in [0.717, 1.165) is 116 Å². The number of hydrogen-bond donors (Lipinski definition) is 0. The first-order valence-corrected chi connectivity index (χ1v) is 33.4. The van der Waals surface area contributed by atoms with Crippen LogP contribution in [0.1, 0.15) is 316 Å². The summed E-state index contributed by atoms with van der Waals surface area (Å²) in [5, 5.41) is 0. The zero-order valence-electron chi connectivity index (χ0n) is 51.9. The lowest BCUT2D eigenvalue weighted by atomic mass is 10.1. The SMILES string of the molecule is CC/C=C\C/C=C\C/C=C\C/C=C\C/C=C\C/C=C\C/C=C\CCCCCCCCCCCC(=O)OCC(COC(=O)CCCCCCC/C=C\CCCC)OC(=O)CCCCCCCCCCC/C=C\CCCCCCCC. The summed E-state index contributed by atoms with van der Waals surface area (Å²) >= 11 is 0. The Hall–Kier alpha value is -3.93. The Morgan fingerprint density at radius 1 is 0.266 bits per heavy atom. The number of esters is 3. The summed E-state index contributed by atoms with van der Waals surface area (Å²) in [4.78, 5) is 38.3. The van der Waals surface area contributed by atoms with E-state index in [1.165, 1.54) is 161 Å². The molecular weight excluding hydrogens is 973 g/mol. The van der Waals surface area contributed by atoms with Gasteiger partial charge in [-0.3, -0.25) is 14.4 Å². The molecule has 0 spiro atoms. The Bertz CT molecular complexity index is 1590. The minimum atomic E-state index is -0.786. The Balaban J connectivity index is 4.25. The molecule has 0 radical (unpaired) electrons. The van der Waals surface area contributed by atoms with Crippen LogP contribution in [0.2, 0.25) is 0 Å². The number of ether oxygens (including phenoxy) is 3. The highest BCUT2D eigenvalue weighted by Crippen LogP contribution is 2.16. The number of carbonyl (C=O) groups is 3. The van der Waals surface area contributed by atoms with Crippen molar-refractivity contribution in [2.75, 3.05) is 13.2 Å². The first-order valence-electron chi connectivity index (χ1n) is 33.4. The molecule has 0 aliphatic rings. The molecule has 0 rings (SSSR count). The third-order valence-corrected chi connectivity index (χ3v) is 14.2. The average Bonchev–Trinajstić information content (AvgIpc) is 3.45. The first-order chi connectivity index (χ1) is 39.0. The van der Waals surface area contributed by atoms with Crippen molar-refractivity contribution in [3.05, 3.63) is 109 Å². The molecule has 6 nitrogen and oxygen atoms in total. The van der Waals surface area contributed by atoms with Crippen molar-refractivity contribution in [1.29, 1.82) is 0 Å². The Morgan fingerprint density at radius 3 is 0.823 bits per heavy atom. The summed E-state index contributed by atoms with van der Waals surface area (Å²) in [6, 6.07) is 0. The number of unbranched alkanes of at least 4 members (excludes halogenated alkanes) is 31. The molecule has 0 aromatic carbocycles. The highest BCUT2D eigenvalue weighted by Gasteiger charge is 2.19. The largest absolute Gasteiger partial charge is 0.462 e. The van der Waals surface area contributed by atoms with E-state index in [2.05, 4.69) is 130 Å². The second-order valence-electron chi connectivity index (χ2n) is 22.0. The molecule has 0 aliphatic carbocycles. The predicted molar refractivity (Wildman–Crippen MR) is 343 cm³/mol. The van der Waals surface area contributed by atoms with Gasteiger partial charge in [0.2, 0.25) is 0 Å². The predicted octanol–water partition coefficient (Wildman–Crippen LogP) is 23.0. The van der Waals surface area contributed by atoms with Crippen LogP contribution in [-0.2, 0) is 28.6 Å². The maximum atomic E-state index is 12.9. The first kappa shape index (κ1) is 75.1. The summed E-state index contributed by atoms with van der Waals surface area (Å²) in [6.45, 7) is 6.49. The Kier molecular flexibility index (Phi) is 63.3. The highest BCUT2D eigenvalue weighted by atomic mass is 16.6. The molecule has 0 aliphatic heterocycles. The Morgan fingerprint density at radius 2 is 0.506 bits per heavy atom. The van der Waals surface area contributed by atoms with Crippen molar-refractivity contribution >= 4 is 17.9 Å².